The number of H-pyrrole nitrogens is 1. The quantitative estimate of drug-likeness (QED) is 0.944. The van der Waals surface area contributed by atoms with Crippen molar-refractivity contribution in [2.75, 3.05) is 6.61 Å². The van der Waals surface area contributed by atoms with Crippen LogP contribution < -0.4 is 10.3 Å². The zero-order valence-electron chi connectivity index (χ0n) is 9.94. The summed E-state index contributed by atoms with van der Waals surface area (Å²) in [5.41, 5.74) is 0.632. The molecular formula is C13H13BrN2O2. The molecule has 2 aromatic rings. The van der Waals surface area contributed by atoms with E-state index in [1.807, 2.05) is 24.3 Å². The van der Waals surface area contributed by atoms with Crippen LogP contribution in [-0.4, -0.2) is 16.6 Å². The fraction of sp³-hybridized carbons (Fsp3) is 0.231. The summed E-state index contributed by atoms with van der Waals surface area (Å²) in [7, 11) is 0. The van der Waals surface area contributed by atoms with Gasteiger partial charge >= 0.3 is 0 Å². The Hall–Kier alpha value is -1.62. The summed E-state index contributed by atoms with van der Waals surface area (Å²) in [5.74, 6) is 1.31. The van der Waals surface area contributed by atoms with Gasteiger partial charge in [0, 0.05) is 11.8 Å². The summed E-state index contributed by atoms with van der Waals surface area (Å²) in [6.45, 7) is 2.73. The van der Waals surface area contributed by atoms with Gasteiger partial charge in [-0.15, -0.1) is 0 Å². The minimum absolute atomic E-state index is 0.195. The Labute approximate surface area is 113 Å². The lowest BCUT2D eigenvalue weighted by molar-refractivity contribution is 0.317. The summed E-state index contributed by atoms with van der Waals surface area (Å²) in [6.07, 6.45) is 2.45. The van der Waals surface area contributed by atoms with Crippen molar-refractivity contribution in [1.29, 1.82) is 0 Å². The molecule has 0 atom stereocenters. The highest BCUT2D eigenvalue weighted by molar-refractivity contribution is 9.10. The molecule has 0 saturated carbocycles. The van der Waals surface area contributed by atoms with Crippen LogP contribution in [0.4, 0.5) is 0 Å². The lowest BCUT2D eigenvalue weighted by Gasteiger charge is -2.06. The van der Waals surface area contributed by atoms with E-state index in [0.717, 1.165) is 17.7 Å². The van der Waals surface area contributed by atoms with Crippen molar-refractivity contribution in [3.05, 3.63) is 45.3 Å². The molecule has 94 valence electrons. The summed E-state index contributed by atoms with van der Waals surface area (Å²) >= 11 is 3.12. The summed E-state index contributed by atoms with van der Waals surface area (Å²) in [6, 6.07) is 7.51. The Morgan fingerprint density at radius 2 is 2.28 bits per heavy atom. The molecule has 0 spiro atoms. The lowest BCUT2D eigenvalue weighted by Crippen LogP contribution is -2.08. The van der Waals surface area contributed by atoms with E-state index in [-0.39, 0.29) is 5.56 Å². The van der Waals surface area contributed by atoms with Gasteiger partial charge in [0.25, 0.3) is 5.56 Å². The topological polar surface area (TPSA) is 55.0 Å². The highest BCUT2D eigenvalue weighted by Crippen LogP contribution is 2.20. The molecule has 0 aliphatic heterocycles. The van der Waals surface area contributed by atoms with Crippen LogP contribution >= 0.6 is 15.9 Å². The molecule has 4 nitrogen and oxygen atoms in total. The van der Waals surface area contributed by atoms with E-state index in [4.69, 9.17) is 4.74 Å². The van der Waals surface area contributed by atoms with Crippen LogP contribution in [0.1, 0.15) is 13.3 Å². The van der Waals surface area contributed by atoms with E-state index in [1.165, 1.54) is 6.20 Å². The normalized spacial score (nSPS) is 10.3. The second kappa shape index (κ2) is 5.82. The molecule has 1 aromatic heterocycles. The number of aromatic amines is 1. The van der Waals surface area contributed by atoms with Gasteiger partial charge in [0.1, 0.15) is 16.0 Å². The number of aromatic nitrogens is 2. The first kappa shape index (κ1) is 12.8. The van der Waals surface area contributed by atoms with Crippen molar-refractivity contribution in [3.63, 3.8) is 0 Å². The summed E-state index contributed by atoms with van der Waals surface area (Å²) < 4.78 is 5.96. The van der Waals surface area contributed by atoms with Gasteiger partial charge in [-0.2, -0.15) is 0 Å². The molecule has 1 heterocycles. The standard InChI is InChI=1S/C13H13BrN2O2/c1-2-6-18-10-5-3-4-9(7-10)12-15-8-11(14)13(17)16-12/h3-5,7-8H,2,6H2,1H3,(H,15,16,17). The fourth-order valence-electron chi connectivity index (χ4n) is 1.48. The van der Waals surface area contributed by atoms with Crippen molar-refractivity contribution in [2.24, 2.45) is 0 Å². The van der Waals surface area contributed by atoms with Crippen molar-refractivity contribution in [1.82, 2.24) is 9.97 Å². The van der Waals surface area contributed by atoms with Gasteiger partial charge in [-0.05, 0) is 34.5 Å². The molecule has 0 saturated heterocycles. The average molecular weight is 309 g/mol. The van der Waals surface area contributed by atoms with Crippen LogP contribution in [0.2, 0.25) is 0 Å². The minimum atomic E-state index is -0.195. The Morgan fingerprint density at radius 3 is 3.00 bits per heavy atom. The number of hydrogen-bond acceptors (Lipinski definition) is 3. The Kier molecular flexibility index (Phi) is 4.15. The van der Waals surface area contributed by atoms with Crippen LogP contribution in [0.25, 0.3) is 11.4 Å². The molecule has 0 aliphatic carbocycles. The third kappa shape index (κ3) is 2.98. The van der Waals surface area contributed by atoms with E-state index in [0.29, 0.717) is 16.9 Å². The van der Waals surface area contributed by atoms with Crippen molar-refractivity contribution >= 4 is 15.9 Å². The maximum Gasteiger partial charge on any atom is 0.265 e. The predicted molar refractivity (Wildman–Crippen MR) is 73.8 cm³/mol. The minimum Gasteiger partial charge on any atom is -0.494 e. The number of nitrogens with one attached hydrogen (secondary N) is 1. The average Bonchev–Trinajstić information content (AvgIpc) is 2.40. The maximum absolute atomic E-state index is 11.5. The SMILES string of the molecule is CCCOc1cccc(-c2ncc(Br)c(=O)[nH]2)c1. The number of hydrogen-bond donors (Lipinski definition) is 1. The molecular weight excluding hydrogens is 296 g/mol. The smallest absolute Gasteiger partial charge is 0.265 e. The summed E-state index contributed by atoms with van der Waals surface area (Å²) in [4.78, 5) is 18.4. The highest BCUT2D eigenvalue weighted by Gasteiger charge is 2.04. The number of benzene rings is 1. The van der Waals surface area contributed by atoms with E-state index in [1.54, 1.807) is 0 Å². The Balaban J connectivity index is 2.32. The van der Waals surface area contributed by atoms with Gasteiger partial charge < -0.3 is 9.72 Å². The molecule has 5 heteroatoms. The first-order chi connectivity index (χ1) is 8.70. The van der Waals surface area contributed by atoms with Crippen molar-refractivity contribution < 1.29 is 4.74 Å². The van der Waals surface area contributed by atoms with Gasteiger partial charge in [0.15, 0.2) is 0 Å². The zero-order chi connectivity index (χ0) is 13.0. The Bertz CT molecular complexity index is 596. The molecule has 0 fully saturated rings. The Morgan fingerprint density at radius 1 is 1.44 bits per heavy atom. The predicted octanol–water partition coefficient (Wildman–Crippen LogP) is 2.99. The molecule has 0 radical (unpaired) electrons. The van der Waals surface area contributed by atoms with E-state index in [2.05, 4.69) is 32.8 Å². The van der Waals surface area contributed by atoms with Gasteiger partial charge in [0.05, 0.1) is 6.61 Å². The fourth-order valence-corrected chi connectivity index (χ4v) is 1.68. The zero-order valence-corrected chi connectivity index (χ0v) is 11.5. The van der Waals surface area contributed by atoms with Gasteiger partial charge in [-0.3, -0.25) is 4.79 Å². The molecule has 0 bridgehead atoms. The van der Waals surface area contributed by atoms with Gasteiger partial charge in [-0.1, -0.05) is 19.1 Å². The number of halogens is 1. The molecule has 1 N–H and O–H groups in total. The van der Waals surface area contributed by atoms with Gasteiger partial charge in [-0.25, -0.2) is 4.98 Å². The van der Waals surface area contributed by atoms with Crippen LogP contribution in [0.15, 0.2) is 39.7 Å². The lowest BCUT2D eigenvalue weighted by atomic mass is 10.2. The van der Waals surface area contributed by atoms with Crippen molar-refractivity contribution in [2.45, 2.75) is 13.3 Å². The van der Waals surface area contributed by atoms with Crippen LogP contribution in [0, 0.1) is 0 Å². The number of nitrogens with zero attached hydrogens (tertiary/aromatic N) is 1. The monoisotopic (exact) mass is 308 g/mol. The molecule has 18 heavy (non-hydrogen) atoms. The van der Waals surface area contributed by atoms with Crippen LogP contribution in [-0.2, 0) is 0 Å². The second-order valence-corrected chi connectivity index (χ2v) is 4.64. The summed E-state index contributed by atoms with van der Waals surface area (Å²) in [5, 5.41) is 0. The van der Waals surface area contributed by atoms with Crippen LogP contribution in [0.5, 0.6) is 5.75 Å². The molecule has 0 amide bonds. The highest BCUT2D eigenvalue weighted by atomic mass is 79.9. The molecule has 1 aromatic carbocycles. The van der Waals surface area contributed by atoms with E-state index in [9.17, 15) is 4.79 Å². The second-order valence-electron chi connectivity index (χ2n) is 3.79. The molecule has 0 unspecified atom stereocenters. The molecule has 2 rings (SSSR count). The van der Waals surface area contributed by atoms with E-state index < -0.39 is 0 Å². The number of rotatable bonds is 4. The molecule has 0 aliphatic rings. The maximum atomic E-state index is 11.5. The van der Waals surface area contributed by atoms with E-state index >= 15 is 0 Å². The van der Waals surface area contributed by atoms with Gasteiger partial charge in [0.2, 0.25) is 0 Å². The third-order valence-corrected chi connectivity index (χ3v) is 2.90. The van der Waals surface area contributed by atoms with Crippen LogP contribution in [0.3, 0.4) is 0 Å². The first-order valence-corrected chi connectivity index (χ1v) is 6.48. The number of ether oxygens (including phenoxy) is 1. The third-order valence-electron chi connectivity index (χ3n) is 2.34. The van der Waals surface area contributed by atoms with Crippen molar-refractivity contribution in [3.8, 4) is 17.1 Å². The largest absolute Gasteiger partial charge is 0.494 e. The first-order valence-electron chi connectivity index (χ1n) is 5.68.